The maximum absolute atomic E-state index is 12.5. The fraction of sp³-hybridized carbons (Fsp3) is 0.364. The summed E-state index contributed by atoms with van der Waals surface area (Å²) in [5.41, 5.74) is 2.21. The Morgan fingerprint density at radius 1 is 0.964 bits per heavy atom. The zero-order valence-electron chi connectivity index (χ0n) is 16.0. The van der Waals surface area contributed by atoms with Gasteiger partial charge in [0.25, 0.3) is 11.8 Å². The zero-order valence-corrected chi connectivity index (χ0v) is 16.7. The van der Waals surface area contributed by atoms with Gasteiger partial charge in [0.15, 0.2) is 0 Å². The Labute approximate surface area is 170 Å². The summed E-state index contributed by atoms with van der Waals surface area (Å²) in [6.45, 7) is 6.39. The first-order valence-electron chi connectivity index (χ1n) is 9.74. The van der Waals surface area contributed by atoms with Gasteiger partial charge in [0.1, 0.15) is 0 Å². The molecule has 0 saturated carbocycles. The van der Waals surface area contributed by atoms with Gasteiger partial charge in [0, 0.05) is 49.5 Å². The van der Waals surface area contributed by atoms with Crippen molar-refractivity contribution in [2.45, 2.75) is 19.4 Å². The van der Waals surface area contributed by atoms with Crippen molar-refractivity contribution < 1.29 is 9.59 Å². The van der Waals surface area contributed by atoms with Crippen LogP contribution in [0.1, 0.15) is 34.1 Å². The van der Waals surface area contributed by atoms with Gasteiger partial charge < -0.3 is 4.90 Å². The lowest BCUT2D eigenvalue weighted by molar-refractivity contribution is 0.0643. The molecule has 28 heavy (non-hydrogen) atoms. The summed E-state index contributed by atoms with van der Waals surface area (Å²) in [7, 11) is 0. The number of nitrogens with zero attached hydrogens (tertiary/aromatic N) is 3. The topological polar surface area (TPSA) is 43.9 Å². The van der Waals surface area contributed by atoms with Crippen LogP contribution in [0.2, 0.25) is 5.02 Å². The van der Waals surface area contributed by atoms with Crippen molar-refractivity contribution >= 4 is 29.1 Å². The van der Waals surface area contributed by atoms with Gasteiger partial charge in [0.2, 0.25) is 0 Å². The van der Waals surface area contributed by atoms with E-state index in [2.05, 4.69) is 22.8 Å². The van der Waals surface area contributed by atoms with Crippen LogP contribution in [-0.2, 0) is 0 Å². The first kappa shape index (κ1) is 19.0. The third-order valence-corrected chi connectivity index (χ3v) is 5.88. The van der Waals surface area contributed by atoms with Gasteiger partial charge in [-0.25, -0.2) is 0 Å². The molecule has 2 heterocycles. The van der Waals surface area contributed by atoms with E-state index in [-0.39, 0.29) is 11.8 Å². The highest BCUT2D eigenvalue weighted by atomic mass is 35.5. The highest BCUT2D eigenvalue weighted by molar-refractivity contribution is 6.30. The molecule has 1 saturated heterocycles. The third kappa shape index (κ3) is 3.64. The number of carbonyl (C=O) groups is 2. The Bertz CT molecular complexity index is 866. The summed E-state index contributed by atoms with van der Waals surface area (Å²) in [4.78, 5) is 31.1. The van der Waals surface area contributed by atoms with Crippen LogP contribution >= 0.6 is 11.6 Å². The number of anilines is 1. The summed E-state index contributed by atoms with van der Waals surface area (Å²) in [5.74, 6) is -0.334. The lowest BCUT2D eigenvalue weighted by Gasteiger charge is -2.41. The quantitative estimate of drug-likeness (QED) is 0.724. The highest BCUT2D eigenvalue weighted by Crippen LogP contribution is 2.24. The average Bonchev–Trinajstić information content (AvgIpc) is 2.94. The van der Waals surface area contributed by atoms with E-state index < -0.39 is 0 Å². The molecule has 0 N–H and O–H groups in total. The van der Waals surface area contributed by atoms with Crippen LogP contribution < -0.4 is 4.90 Å². The smallest absolute Gasteiger partial charge is 0.261 e. The third-order valence-electron chi connectivity index (χ3n) is 5.64. The van der Waals surface area contributed by atoms with Crippen molar-refractivity contribution in [1.82, 2.24) is 9.80 Å². The van der Waals surface area contributed by atoms with Gasteiger partial charge in [-0.3, -0.25) is 19.4 Å². The molecule has 146 valence electrons. The fourth-order valence-corrected chi connectivity index (χ4v) is 4.29. The van der Waals surface area contributed by atoms with Crippen LogP contribution in [0.3, 0.4) is 0 Å². The standard InChI is InChI=1S/C22H24ClN3O2/c1-16-15-25(18-7-4-6-17(23)14-18)13-12-24(16)10-5-11-26-21(27)19-8-2-3-9-20(19)22(26)28/h2-4,6-9,14,16H,5,10-13,15H2,1H3. The van der Waals surface area contributed by atoms with Crippen LogP contribution in [-0.4, -0.2) is 60.4 Å². The molecule has 1 fully saturated rings. The minimum Gasteiger partial charge on any atom is -0.369 e. The van der Waals surface area contributed by atoms with Crippen LogP contribution in [0.4, 0.5) is 5.69 Å². The maximum Gasteiger partial charge on any atom is 0.261 e. The number of halogens is 1. The molecule has 2 aromatic carbocycles. The van der Waals surface area contributed by atoms with E-state index in [9.17, 15) is 9.59 Å². The number of rotatable bonds is 5. The Morgan fingerprint density at radius 2 is 1.68 bits per heavy atom. The van der Waals surface area contributed by atoms with Crippen LogP contribution in [0.25, 0.3) is 0 Å². The SMILES string of the molecule is CC1CN(c2cccc(Cl)c2)CCN1CCCN1C(=O)c2ccccc2C1=O. The Kier molecular flexibility index (Phi) is 5.38. The average molecular weight is 398 g/mol. The van der Waals surface area contributed by atoms with Gasteiger partial charge >= 0.3 is 0 Å². The monoisotopic (exact) mass is 397 g/mol. The lowest BCUT2D eigenvalue weighted by Crippen LogP contribution is -2.52. The fourth-order valence-electron chi connectivity index (χ4n) is 4.11. The molecule has 2 aliphatic rings. The van der Waals surface area contributed by atoms with Gasteiger partial charge in [-0.05, 0) is 43.7 Å². The molecular weight excluding hydrogens is 374 g/mol. The number of benzene rings is 2. The number of carbonyl (C=O) groups excluding carboxylic acids is 2. The molecule has 1 atom stereocenters. The number of fused-ring (bicyclic) bond motifs is 1. The summed E-state index contributed by atoms with van der Waals surface area (Å²) in [6, 6.07) is 15.4. The number of amides is 2. The number of imide groups is 1. The molecule has 4 rings (SSSR count). The summed E-state index contributed by atoms with van der Waals surface area (Å²) >= 11 is 6.12. The molecule has 0 aliphatic carbocycles. The molecule has 2 aliphatic heterocycles. The largest absolute Gasteiger partial charge is 0.369 e. The molecule has 5 nitrogen and oxygen atoms in total. The van der Waals surface area contributed by atoms with E-state index in [4.69, 9.17) is 11.6 Å². The second-order valence-electron chi connectivity index (χ2n) is 7.47. The molecule has 2 aromatic rings. The van der Waals surface area contributed by atoms with E-state index in [1.54, 1.807) is 24.3 Å². The van der Waals surface area contributed by atoms with E-state index in [0.29, 0.717) is 23.7 Å². The van der Waals surface area contributed by atoms with Gasteiger partial charge in [0.05, 0.1) is 11.1 Å². The minimum absolute atomic E-state index is 0.167. The minimum atomic E-state index is -0.167. The first-order chi connectivity index (χ1) is 13.5. The molecule has 0 bridgehead atoms. The molecule has 6 heteroatoms. The molecule has 1 unspecified atom stereocenters. The highest BCUT2D eigenvalue weighted by Gasteiger charge is 2.34. The predicted molar refractivity (Wildman–Crippen MR) is 111 cm³/mol. The van der Waals surface area contributed by atoms with Gasteiger partial charge in [-0.2, -0.15) is 0 Å². The van der Waals surface area contributed by atoms with Crippen molar-refractivity contribution in [2.75, 3.05) is 37.6 Å². The second kappa shape index (κ2) is 7.94. The molecular formula is C22H24ClN3O2. The number of hydrogen-bond donors (Lipinski definition) is 0. The van der Waals surface area contributed by atoms with Crippen molar-refractivity contribution in [2.24, 2.45) is 0 Å². The van der Waals surface area contributed by atoms with Crippen molar-refractivity contribution in [3.8, 4) is 0 Å². The number of piperazine rings is 1. The predicted octanol–water partition coefficient (Wildman–Crippen LogP) is 3.54. The van der Waals surface area contributed by atoms with Crippen LogP contribution in [0, 0.1) is 0 Å². The van der Waals surface area contributed by atoms with Gasteiger partial charge in [-0.15, -0.1) is 0 Å². The van der Waals surface area contributed by atoms with Gasteiger partial charge in [-0.1, -0.05) is 29.8 Å². The van der Waals surface area contributed by atoms with Crippen molar-refractivity contribution in [3.05, 3.63) is 64.7 Å². The zero-order chi connectivity index (χ0) is 19.7. The molecule has 0 radical (unpaired) electrons. The second-order valence-corrected chi connectivity index (χ2v) is 7.91. The van der Waals surface area contributed by atoms with Crippen molar-refractivity contribution in [3.63, 3.8) is 0 Å². The van der Waals surface area contributed by atoms with E-state index in [1.165, 1.54) is 4.90 Å². The molecule has 0 aromatic heterocycles. The molecule has 2 amide bonds. The summed E-state index contributed by atoms with van der Waals surface area (Å²) < 4.78 is 0. The molecule has 0 spiro atoms. The lowest BCUT2D eigenvalue weighted by atomic mass is 10.1. The van der Waals surface area contributed by atoms with E-state index >= 15 is 0 Å². The summed E-state index contributed by atoms with van der Waals surface area (Å²) in [5, 5.41) is 0.758. The number of hydrogen-bond acceptors (Lipinski definition) is 4. The van der Waals surface area contributed by atoms with Crippen LogP contribution in [0.5, 0.6) is 0 Å². The van der Waals surface area contributed by atoms with E-state index in [0.717, 1.165) is 43.3 Å². The Hall–Kier alpha value is -2.37. The Morgan fingerprint density at radius 3 is 2.32 bits per heavy atom. The Balaban J connectivity index is 1.30. The van der Waals surface area contributed by atoms with E-state index in [1.807, 2.05) is 18.2 Å². The first-order valence-corrected chi connectivity index (χ1v) is 10.1. The normalized spacial score (nSPS) is 20.0. The van der Waals surface area contributed by atoms with Crippen molar-refractivity contribution in [1.29, 1.82) is 0 Å². The maximum atomic E-state index is 12.5. The summed E-state index contributed by atoms with van der Waals surface area (Å²) in [6.07, 6.45) is 0.785. The van der Waals surface area contributed by atoms with Crippen LogP contribution in [0.15, 0.2) is 48.5 Å².